The molecule has 0 aliphatic rings. The molecule has 0 aliphatic carbocycles. The van der Waals surface area contributed by atoms with Crippen LogP contribution in [0, 0.1) is 11.8 Å². The van der Waals surface area contributed by atoms with Gasteiger partial charge in [-0.2, -0.15) is 0 Å². The van der Waals surface area contributed by atoms with Crippen molar-refractivity contribution in [1.82, 2.24) is 4.90 Å². The predicted molar refractivity (Wildman–Crippen MR) is 61.4 cm³/mol. The van der Waals surface area contributed by atoms with Gasteiger partial charge in [0.05, 0.1) is 6.61 Å². The van der Waals surface area contributed by atoms with Crippen LogP contribution >= 0.6 is 0 Å². The lowest BCUT2D eigenvalue weighted by molar-refractivity contribution is 0.150. The van der Waals surface area contributed by atoms with Crippen molar-refractivity contribution in [2.45, 2.75) is 20.3 Å². The van der Waals surface area contributed by atoms with E-state index in [1.54, 1.807) is 7.11 Å². The smallest absolute Gasteiger partial charge is 0.0589 e. The zero-order valence-electron chi connectivity index (χ0n) is 10.1. The highest BCUT2D eigenvalue weighted by Crippen LogP contribution is 2.11. The Morgan fingerprint density at radius 2 is 2.00 bits per heavy atom. The zero-order chi connectivity index (χ0) is 11.0. The van der Waals surface area contributed by atoms with Gasteiger partial charge in [-0.3, -0.25) is 0 Å². The highest BCUT2D eigenvalue weighted by Gasteiger charge is 2.11. The largest absolute Gasteiger partial charge is 0.383 e. The number of hydrogen-bond acceptors (Lipinski definition) is 3. The lowest BCUT2D eigenvalue weighted by atomic mass is 9.97. The minimum atomic E-state index is 0.622. The van der Waals surface area contributed by atoms with Crippen LogP contribution in [0.25, 0.3) is 0 Å². The molecule has 0 amide bonds. The monoisotopic (exact) mass is 202 g/mol. The van der Waals surface area contributed by atoms with Crippen LogP contribution in [-0.2, 0) is 4.74 Å². The minimum Gasteiger partial charge on any atom is -0.383 e. The van der Waals surface area contributed by atoms with Crippen LogP contribution in [-0.4, -0.2) is 45.3 Å². The van der Waals surface area contributed by atoms with E-state index in [0.717, 1.165) is 32.2 Å². The number of rotatable bonds is 8. The van der Waals surface area contributed by atoms with Crippen LogP contribution in [0.3, 0.4) is 0 Å². The maximum atomic E-state index is 5.74. The average molecular weight is 202 g/mol. The summed E-state index contributed by atoms with van der Waals surface area (Å²) in [5.41, 5.74) is 5.74. The summed E-state index contributed by atoms with van der Waals surface area (Å²) in [5.74, 6) is 1.36. The molecule has 0 aliphatic heterocycles. The Hall–Kier alpha value is -0.120. The molecule has 86 valence electrons. The van der Waals surface area contributed by atoms with Crippen LogP contribution in [0.15, 0.2) is 0 Å². The number of methoxy groups -OCH3 is 1. The molecule has 0 radical (unpaired) electrons. The second-order valence-corrected chi connectivity index (χ2v) is 4.49. The van der Waals surface area contributed by atoms with Crippen LogP contribution in [0.2, 0.25) is 0 Å². The van der Waals surface area contributed by atoms with Crippen molar-refractivity contribution in [3.8, 4) is 0 Å². The molecule has 0 rings (SSSR count). The van der Waals surface area contributed by atoms with Crippen molar-refractivity contribution in [2.75, 3.05) is 40.4 Å². The third-order valence-electron chi connectivity index (χ3n) is 2.39. The fourth-order valence-corrected chi connectivity index (χ4v) is 1.69. The Balaban J connectivity index is 3.68. The molecule has 0 aromatic rings. The molecule has 3 nitrogen and oxygen atoms in total. The van der Waals surface area contributed by atoms with Gasteiger partial charge in [0.2, 0.25) is 0 Å². The summed E-state index contributed by atoms with van der Waals surface area (Å²) in [6, 6.07) is 0. The van der Waals surface area contributed by atoms with E-state index in [1.807, 2.05) is 0 Å². The third kappa shape index (κ3) is 7.30. The normalized spacial score (nSPS) is 13.9. The van der Waals surface area contributed by atoms with Gasteiger partial charge >= 0.3 is 0 Å². The molecule has 2 N–H and O–H groups in total. The summed E-state index contributed by atoms with van der Waals surface area (Å²) >= 11 is 0. The second-order valence-electron chi connectivity index (χ2n) is 4.49. The first-order chi connectivity index (χ1) is 6.60. The predicted octanol–water partition coefficient (Wildman–Crippen LogP) is 1.19. The molecule has 1 unspecified atom stereocenters. The van der Waals surface area contributed by atoms with Gasteiger partial charge in [0.1, 0.15) is 0 Å². The van der Waals surface area contributed by atoms with Gasteiger partial charge in [-0.1, -0.05) is 13.8 Å². The summed E-state index contributed by atoms with van der Waals surface area (Å²) in [4.78, 5) is 2.30. The van der Waals surface area contributed by atoms with E-state index in [9.17, 15) is 0 Å². The van der Waals surface area contributed by atoms with Gasteiger partial charge in [0, 0.05) is 20.2 Å². The van der Waals surface area contributed by atoms with Gasteiger partial charge in [0.15, 0.2) is 0 Å². The number of nitrogens with zero attached hydrogens (tertiary/aromatic N) is 1. The highest BCUT2D eigenvalue weighted by atomic mass is 16.5. The van der Waals surface area contributed by atoms with Crippen LogP contribution < -0.4 is 5.73 Å². The van der Waals surface area contributed by atoms with Crippen molar-refractivity contribution in [1.29, 1.82) is 0 Å². The molecule has 0 bridgehead atoms. The van der Waals surface area contributed by atoms with Crippen molar-refractivity contribution < 1.29 is 4.74 Å². The highest BCUT2D eigenvalue weighted by molar-refractivity contribution is 4.66. The molecule has 14 heavy (non-hydrogen) atoms. The first-order valence-corrected chi connectivity index (χ1v) is 5.47. The molecule has 3 heteroatoms. The number of ether oxygens (including phenoxy) is 1. The number of hydrogen-bond donors (Lipinski definition) is 1. The van der Waals surface area contributed by atoms with Crippen molar-refractivity contribution in [3.63, 3.8) is 0 Å². The second kappa shape index (κ2) is 8.21. The standard InChI is InChI=1S/C11H26N2O/c1-10(2)7-11(8-12)9-13(3)5-6-14-4/h10-11H,5-9,12H2,1-4H3. The van der Waals surface area contributed by atoms with E-state index in [1.165, 1.54) is 6.42 Å². The molecular formula is C11H26N2O. The topological polar surface area (TPSA) is 38.5 Å². The summed E-state index contributed by atoms with van der Waals surface area (Å²) in [6.07, 6.45) is 1.22. The Bertz CT molecular complexity index is 128. The molecule has 0 aromatic carbocycles. The van der Waals surface area contributed by atoms with Gasteiger partial charge in [-0.15, -0.1) is 0 Å². The third-order valence-corrected chi connectivity index (χ3v) is 2.39. The zero-order valence-corrected chi connectivity index (χ0v) is 10.1. The van der Waals surface area contributed by atoms with Gasteiger partial charge < -0.3 is 15.4 Å². The fourth-order valence-electron chi connectivity index (χ4n) is 1.69. The van der Waals surface area contributed by atoms with E-state index >= 15 is 0 Å². The molecule has 0 saturated heterocycles. The van der Waals surface area contributed by atoms with Gasteiger partial charge in [-0.05, 0) is 31.8 Å². The molecule has 1 atom stereocenters. The van der Waals surface area contributed by atoms with E-state index in [2.05, 4.69) is 25.8 Å². The summed E-state index contributed by atoms with van der Waals surface area (Å²) in [7, 11) is 3.87. The van der Waals surface area contributed by atoms with Crippen molar-refractivity contribution in [3.05, 3.63) is 0 Å². The Morgan fingerprint density at radius 3 is 2.43 bits per heavy atom. The lowest BCUT2D eigenvalue weighted by Crippen LogP contribution is -2.33. The van der Waals surface area contributed by atoms with E-state index in [-0.39, 0.29) is 0 Å². The van der Waals surface area contributed by atoms with E-state index < -0.39 is 0 Å². The Kier molecular flexibility index (Phi) is 8.14. The SMILES string of the molecule is COCCN(C)CC(CN)CC(C)C. The van der Waals surface area contributed by atoms with E-state index in [4.69, 9.17) is 10.5 Å². The van der Waals surface area contributed by atoms with Crippen LogP contribution in [0.4, 0.5) is 0 Å². The molecule has 0 heterocycles. The van der Waals surface area contributed by atoms with Crippen LogP contribution in [0.1, 0.15) is 20.3 Å². The van der Waals surface area contributed by atoms with E-state index in [0.29, 0.717) is 5.92 Å². The van der Waals surface area contributed by atoms with Crippen molar-refractivity contribution >= 4 is 0 Å². The fraction of sp³-hybridized carbons (Fsp3) is 1.00. The first-order valence-electron chi connectivity index (χ1n) is 5.47. The number of nitrogens with two attached hydrogens (primary N) is 1. The van der Waals surface area contributed by atoms with Crippen LogP contribution in [0.5, 0.6) is 0 Å². The summed E-state index contributed by atoms with van der Waals surface area (Å²) in [5, 5.41) is 0. The molecule has 0 fully saturated rings. The molecule has 0 spiro atoms. The van der Waals surface area contributed by atoms with Gasteiger partial charge in [0.25, 0.3) is 0 Å². The first kappa shape index (κ1) is 13.9. The lowest BCUT2D eigenvalue weighted by Gasteiger charge is -2.23. The summed E-state index contributed by atoms with van der Waals surface area (Å²) in [6.45, 7) is 8.16. The molecule has 0 aromatic heterocycles. The molecule has 0 saturated carbocycles. The van der Waals surface area contributed by atoms with Gasteiger partial charge in [-0.25, -0.2) is 0 Å². The quantitative estimate of drug-likeness (QED) is 0.642. The maximum absolute atomic E-state index is 5.74. The Morgan fingerprint density at radius 1 is 1.36 bits per heavy atom. The van der Waals surface area contributed by atoms with Crippen molar-refractivity contribution in [2.24, 2.45) is 17.6 Å². The minimum absolute atomic E-state index is 0.622. The number of likely N-dealkylation sites (N-methyl/N-ethyl adjacent to an activating group) is 1. The molecular weight excluding hydrogens is 176 g/mol. The Labute approximate surface area is 88.6 Å². The summed E-state index contributed by atoms with van der Waals surface area (Å²) < 4.78 is 5.04. The maximum Gasteiger partial charge on any atom is 0.0589 e. The average Bonchev–Trinajstić information content (AvgIpc) is 2.12.